The molecule has 0 spiro atoms. The summed E-state index contributed by atoms with van der Waals surface area (Å²) >= 11 is 4.54. The number of carbonyl (C=O) groups excluding carboxylic acids is 1. The molecule has 0 heterocycles. The van der Waals surface area contributed by atoms with Crippen LogP contribution in [-0.4, -0.2) is 18.7 Å². The zero-order valence-corrected chi connectivity index (χ0v) is 21.9. The molecule has 4 aromatic rings. The fraction of sp³-hybridized carbons (Fsp3) is 0.0769. The van der Waals surface area contributed by atoms with Crippen molar-refractivity contribution in [1.29, 1.82) is 0 Å². The molecule has 2 N–H and O–H groups in total. The van der Waals surface area contributed by atoms with Crippen LogP contribution in [0.3, 0.4) is 0 Å². The Morgan fingerprint density at radius 3 is 2.39 bits per heavy atom. The van der Waals surface area contributed by atoms with Gasteiger partial charge in [-0.2, -0.15) is 5.10 Å². The second kappa shape index (κ2) is 11.5. The van der Waals surface area contributed by atoms with Gasteiger partial charge in [-0.05, 0) is 91.3 Å². The maximum Gasteiger partial charge on any atom is 0.259 e. The number of carbonyl (C=O) groups is 1. The van der Waals surface area contributed by atoms with E-state index in [0.717, 1.165) is 29.7 Å². The molecule has 5 nitrogen and oxygen atoms in total. The summed E-state index contributed by atoms with van der Waals surface area (Å²) in [6.07, 6.45) is 1.64. The predicted octanol–water partition coefficient (Wildman–Crippen LogP) is 6.19. The van der Waals surface area contributed by atoms with Crippen molar-refractivity contribution >= 4 is 73.8 Å². The number of hydrazone groups is 1. The molecule has 0 unspecified atom stereocenters. The van der Waals surface area contributed by atoms with Crippen molar-refractivity contribution < 1.29 is 9.53 Å². The van der Waals surface area contributed by atoms with E-state index in [9.17, 15) is 4.79 Å². The summed E-state index contributed by atoms with van der Waals surface area (Å²) in [6.45, 7) is 0.642. The number of amides is 1. The van der Waals surface area contributed by atoms with Gasteiger partial charge in [-0.3, -0.25) is 4.79 Å². The molecule has 0 saturated heterocycles. The highest BCUT2D eigenvalue weighted by Gasteiger charge is 2.10. The second-order valence-electron chi connectivity index (χ2n) is 7.25. The molecule has 0 bridgehead atoms. The lowest BCUT2D eigenvalue weighted by Gasteiger charge is -2.13. The lowest BCUT2D eigenvalue weighted by molar-refractivity contribution is -0.119. The lowest BCUT2D eigenvalue weighted by Crippen LogP contribution is -2.25. The zero-order chi connectivity index (χ0) is 23.0. The van der Waals surface area contributed by atoms with E-state index < -0.39 is 0 Å². The Balaban J connectivity index is 1.36. The van der Waals surface area contributed by atoms with Crippen molar-refractivity contribution in [2.75, 3.05) is 11.9 Å². The molecule has 0 aliphatic heterocycles. The highest BCUT2D eigenvalue weighted by molar-refractivity contribution is 14.1. The van der Waals surface area contributed by atoms with Crippen LogP contribution in [0.5, 0.6) is 5.75 Å². The fourth-order valence-corrected chi connectivity index (χ4v) is 5.44. The van der Waals surface area contributed by atoms with Crippen molar-refractivity contribution in [1.82, 2.24) is 5.43 Å². The van der Waals surface area contributed by atoms with E-state index >= 15 is 0 Å². The Hall–Kier alpha value is -2.66. The first-order chi connectivity index (χ1) is 16.1. The van der Waals surface area contributed by atoms with E-state index in [1.165, 1.54) is 10.8 Å². The summed E-state index contributed by atoms with van der Waals surface area (Å²) < 4.78 is 8.16. The number of anilines is 1. The quantitative estimate of drug-likeness (QED) is 0.135. The number of nitrogens with one attached hydrogen (secondary N) is 2. The van der Waals surface area contributed by atoms with Gasteiger partial charge in [-0.15, -0.1) is 0 Å². The van der Waals surface area contributed by atoms with Crippen LogP contribution < -0.4 is 15.5 Å². The molecule has 4 aromatic carbocycles. The van der Waals surface area contributed by atoms with Crippen molar-refractivity contribution in [2.24, 2.45) is 5.10 Å². The Bertz CT molecular complexity index is 1260. The normalized spacial score (nSPS) is 11.0. The van der Waals surface area contributed by atoms with Gasteiger partial charge in [0.25, 0.3) is 5.91 Å². The first kappa shape index (κ1) is 23.5. The maximum absolute atomic E-state index is 12.0. The maximum atomic E-state index is 12.0. The lowest BCUT2D eigenvalue weighted by atomic mass is 10.1. The van der Waals surface area contributed by atoms with Crippen LogP contribution in [0.15, 0.2) is 90.0 Å². The molecule has 33 heavy (non-hydrogen) atoms. The fourth-order valence-electron chi connectivity index (χ4n) is 3.32. The molecular formula is C26H21I2N3O2. The average Bonchev–Trinajstić information content (AvgIpc) is 2.83. The monoisotopic (exact) mass is 661 g/mol. The summed E-state index contributed by atoms with van der Waals surface area (Å²) in [4.78, 5) is 12.0. The van der Waals surface area contributed by atoms with Gasteiger partial charge in [-0.25, -0.2) is 5.43 Å². The van der Waals surface area contributed by atoms with Crippen LogP contribution in [0.1, 0.15) is 11.1 Å². The molecule has 4 rings (SSSR count). The number of ether oxygens (including phenoxy) is 1. The average molecular weight is 661 g/mol. The molecule has 0 aliphatic rings. The standard InChI is InChI=1S/C26H21I2N3O2/c27-23-13-18(15-30-31-25(32)16-29-21-10-2-1-3-11-21)14-24(28)26(23)33-17-20-9-6-8-19-7-4-5-12-22(19)20/h1-15,29H,16-17H2,(H,31,32)/b30-15-. The summed E-state index contributed by atoms with van der Waals surface area (Å²) in [5, 5.41) is 9.54. The van der Waals surface area contributed by atoms with E-state index in [1.54, 1.807) is 6.21 Å². The SMILES string of the molecule is O=C(CNc1ccccc1)N/N=C\c1cc(I)c(OCc2cccc3ccccc23)c(I)c1. The van der Waals surface area contributed by atoms with Crippen LogP contribution >= 0.6 is 45.2 Å². The number of hydrogen-bond donors (Lipinski definition) is 2. The van der Waals surface area contributed by atoms with Crippen LogP contribution in [0.2, 0.25) is 0 Å². The Morgan fingerprint density at radius 1 is 0.909 bits per heavy atom. The van der Waals surface area contributed by atoms with Gasteiger partial charge in [-0.1, -0.05) is 60.7 Å². The summed E-state index contributed by atoms with van der Waals surface area (Å²) in [5.41, 5.74) is 5.48. The summed E-state index contributed by atoms with van der Waals surface area (Å²) in [6, 6.07) is 28.1. The van der Waals surface area contributed by atoms with E-state index in [2.05, 4.69) is 91.4 Å². The van der Waals surface area contributed by atoms with Gasteiger partial charge in [0.15, 0.2) is 0 Å². The third kappa shape index (κ3) is 6.44. The van der Waals surface area contributed by atoms with Crippen LogP contribution in [0.4, 0.5) is 5.69 Å². The topological polar surface area (TPSA) is 62.7 Å². The smallest absolute Gasteiger partial charge is 0.259 e. The third-order valence-electron chi connectivity index (χ3n) is 4.90. The Labute approximate surface area is 219 Å². The second-order valence-corrected chi connectivity index (χ2v) is 9.58. The Morgan fingerprint density at radius 2 is 1.61 bits per heavy atom. The first-order valence-electron chi connectivity index (χ1n) is 10.3. The highest BCUT2D eigenvalue weighted by Crippen LogP contribution is 2.30. The number of rotatable bonds is 8. The molecule has 0 fully saturated rings. The van der Waals surface area contributed by atoms with Crippen molar-refractivity contribution in [3.05, 3.63) is 103 Å². The molecule has 1 amide bonds. The molecular weight excluding hydrogens is 640 g/mol. The van der Waals surface area contributed by atoms with E-state index in [4.69, 9.17) is 4.74 Å². The van der Waals surface area contributed by atoms with Crippen LogP contribution in [0.25, 0.3) is 10.8 Å². The summed E-state index contributed by atoms with van der Waals surface area (Å²) in [5.74, 6) is 0.631. The van der Waals surface area contributed by atoms with E-state index in [0.29, 0.717) is 6.61 Å². The third-order valence-corrected chi connectivity index (χ3v) is 6.50. The Kier molecular flexibility index (Phi) is 8.16. The highest BCUT2D eigenvalue weighted by atomic mass is 127. The molecule has 0 atom stereocenters. The van der Waals surface area contributed by atoms with Gasteiger partial charge >= 0.3 is 0 Å². The largest absolute Gasteiger partial charge is 0.487 e. The number of halogens is 2. The van der Waals surface area contributed by atoms with Crippen LogP contribution in [0, 0.1) is 7.14 Å². The zero-order valence-electron chi connectivity index (χ0n) is 17.6. The van der Waals surface area contributed by atoms with Gasteiger partial charge in [0, 0.05) is 5.69 Å². The minimum atomic E-state index is -0.213. The molecule has 0 saturated carbocycles. The van der Waals surface area contributed by atoms with Crippen LogP contribution in [-0.2, 0) is 11.4 Å². The van der Waals surface area contributed by atoms with E-state index in [1.807, 2.05) is 54.6 Å². The number of benzene rings is 4. The molecule has 0 aliphatic carbocycles. The van der Waals surface area contributed by atoms with Gasteiger partial charge in [0.1, 0.15) is 12.4 Å². The van der Waals surface area contributed by atoms with Gasteiger partial charge in [0.05, 0.1) is 19.9 Å². The number of para-hydroxylation sites is 1. The van der Waals surface area contributed by atoms with Crippen molar-refractivity contribution in [3.8, 4) is 5.75 Å². The number of hydrogen-bond acceptors (Lipinski definition) is 4. The minimum absolute atomic E-state index is 0.150. The molecule has 0 aromatic heterocycles. The number of fused-ring (bicyclic) bond motifs is 1. The molecule has 7 heteroatoms. The number of nitrogens with zero attached hydrogens (tertiary/aromatic N) is 1. The molecule has 0 radical (unpaired) electrons. The molecule has 166 valence electrons. The van der Waals surface area contributed by atoms with E-state index in [-0.39, 0.29) is 12.5 Å². The predicted molar refractivity (Wildman–Crippen MR) is 151 cm³/mol. The van der Waals surface area contributed by atoms with Gasteiger partial charge in [0.2, 0.25) is 0 Å². The minimum Gasteiger partial charge on any atom is -0.487 e. The summed E-state index contributed by atoms with van der Waals surface area (Å²) in [7, 11) is 0. The first-order valence-corrected chi connectivity index (χ1v) is 12.5. The van der Waals surface area contributed by atoms with Gasteiger partial charge < -0.3 is 10.1 Å². The van der Waals surface area contributed by atoms with Crippen molar-refractivity contribution in [2.45, 2.75) is 6.61 Å². The van der Waals surface area contributed by atoms with Crippen molar-refractivity contribution in [3.63, 3.8) is 0 Å².